The molecule has 0 amide bonds. The molecule has 1 unspecified atom stereocenters. The van der Waals surface area contributed by atoms with Crippen LogP contribution in [0.5, 0.6) is 0 Å². The molecule has 1 atom stereocenters. The first-order valence-electron chi connectivity index (χ1n) is 7.26. The second-order valence-corrected chi connectivity index (χ2v) is 8.49. The Morgan fingerprint density at radius 3 is 2.57 bits per heavy atom. The predicted molar refractivity (Wildman–Crippen MR) is 95.8 cm³/mol. The van der Waals surface area contributed by atoms with Gasteiger partial charge >= 0.3 is 0 Å². The van der Waals surface area contributed by atoms with Gasteiger partial charge in [-0.1, -0.05) is 47.5 Å². The van der Waals surface area contributed by atoms with Gasteiger partial charge < -0.3 is 4.90 Å². The molecule has 2 aromatic carbocycles. The van der Waals surface area contributed by atoms with Gasteiger partial charge in [-0.3, -0.25) is 0 Å². The van der Waals surface area contributed by atoms with Gasteiger partial charge in [0.05, 0.1) is 0 Å². The van der Waals surface area contributed by atoms with Crippen LogP contribution in [0, 0.1) is 0 Å². The van der Waals surface area contributed by atoms with Crippen molar-refractivity contribution in [2.45, 2.75) is 26.9 Å². The first kappa shape index (κ1) is 14.9. The standard InChI is InChI=1S/C18H21NS2/c1-19(2)12-7-13-21-14-15-8-3-4-9-16(15)20-17-10-5-6-11-18(17)21/h3-6,8-11,13H,7,12,14H2,1-2H3. The van der Waals surface area contributed by atoms with E-state index in [1.165, 1.54) is 20.2 Å². The average molecular weight is 316 g/mol. The lowest BCUT2D eigenvalue weighted by atomic mass is 10.2. The molecule has 21 heavy (non-hydrogen) atoms. The molecule has 1 aliphatic heterocycles. The van der Waals surface area contributed by atoms with Crippen LogP contribution in [0.4, 0.5) is 0 Å². The molecule has 110 valence electrons. The van der Waals surface area contributed by atoms with Crippen molar-refractivity contribution in [3.05, 3.63) is 54.1 Å². The van der Waals surface area contributed by atoms with Crippen molar-refractivity contribution in [1.82, 2.24) is 4.90 Å². The molecular weight excluding hydrogens is 294 g/mol. The molecule has 0 saturated carbocycles. The Labute approximate surface area is 134 Å². The van der Waals surface area contributed by atoms with E-state index in [1.807, 2.05) is 11.8 Å². The summed E-state index contributed by atoms with van der Waals surface area (Å²) in [5.74, 6) is 1.15. The van der Waals surface area contributed by atoms with Gasteiger partial charge in [0.25, 0.3) is 0 Å². The van der Waals surface area contributed by atoms with E-state index >= 15 is 0 Å². The third-order valence-corrected chi connectivity index (χ3v) is 7.03. The third kappa shape index (κ3) is 3.60. The van der Waals surface area contributed by atoms with Gasteiger partial charge in [0.1, 0.15) is 0 Å². The minimum Gasteiger partial charge on any atom is -0.309 e. The van der Waals surface area contributed by atoms with Crippen LogP contribution in [0.15, 0.2) is 63.2 Å². The SMILES string of the molecule is CN(C)CC/C=S1\Cc2ccccc2Sc2ccccc21. The molecule has 1 heterocycles. The van der Waals surface area contributed by atoms with Gasteiger partial charge in [0.15, 0.2) is 0 Å². The van der Waals surface area contributed by atoms with Crippen LogP contribution in [-0.4, -0.2) is 30.9 Å². The summed E-state index contributed by atoms with van der Waals surface area (Å²) >= 11 is 1.92. The predicted octanol–water partition coefficient (Wildman–Crippen LogP) is 4.73. The molecule has 0 aromatic heterocycles. The highest BCUT2D eigenvalue weighted by Crippen LogP contribution is 2.46. The monoisotopic (exact) mass is 315 g/mol. The summed E-state index contributed by atoms with van der Waals surface area (Å²) in [4.78, 5) is 6.61. The Balaban J connectivity index is 1.99. The Morgan fingerprint density at radius 2 is 1.76 bits per heavy atom. The second-order valence-electron chi connectivity index (χ2n) is 5.49. The van der Waals surface area contributed by atoms with Crippen LogP contribution in [0.25, 0.3) is 0 Å². The van der Waals surface area contributed by atoms with Gasteiger partial charge in [-0.2, -0.15) is 10.5 Å². The normalized spacial score (nSPS) is 17.4. The fourth-order valence-corrected chi connectivity index (χ4v) is 5.96. The van der Waals surface area contributed by atoms with Crippen molar-refractivity contribution in [1.29, 1.82) is 0 Å². The zero-order valence-corrected chi connectivity index (χ0v) is 14.2. The van der Waals surface area contributed by atoms with Crippen molar-refractivity contribution < 1.29 is 0 Å². The van der Waals surface area contributed by atoms with E-state index < -0.39 is 0 Å². The molecule has 3 rings (SSSR count). The first-order chi connectivity index (χ1) is 10.2. The molecule has 2 aromatic rings. The van der Waals surface area contributed by atoms with Crippen molar-refractivity contribution in [3.63, 3.8) is 0 Å². The molecule has 0 bridgehead atoms. The highest BCUT2D eigenvalue weighted by Gasteiger charge is 2.15. The quantitative estimate of drug-likeness (QED) is 0.753. The summed E-state index contributed by atoms with van der Waals surface area (Å²) in [6.45, 7) is 1.13. The molecule has 1 nitrogen and oxygen atoms in total. The molecule has 3 heteroatoms. The minimum absolute atomic E-state index is 0.213. The molecule has 0 aliphatic carbocycles. The Hall–Kier alpha value is -1.03. The van der Waals surface area contributed by atoms with Gasteiger partial charge in [-0.25, -0.2) is 0 Å². The van der Waals surface area contributed by atoms with E-state index in [1.54, 1.807) is 0 Å². The fraction of sp³-hybridized carbons (Fsp3) is 0.278. The summed E-state index contributed by atoms with van der Waals surface area (Å²) in [5, 5.41) is 2.53. The van der Waals surface area contributed by atoms with E-state index in [4.69, 9.17) is 0 Å². The number of hydrogen-bond donors (Lipinski definition) is 0. The molecule has 0 spiro atoms. The van der Waals surface area contributed by atoms with E-state index in [2.05, 4.69) is 72.9 Å². The summed E-state index contributed by atoms with van der Waals surface area (Å²) in [5.41, 5.74) is 1.49. The summed E-state index contributed by atoms with van der Waals surface area (Å²) < 4.78 is 0. The van der Waals surface area contributed by atoms with Crippen LogP contribution in [-0.2, 0) is 5.75 Å². The molecule has 0 radical (unpaired) electrons. The van der Waals surface area contributed by atoms with Gasteiger partial charge in [-0.05, 0) is 44.3 Å². The van der Waals surface area contributed by atoms with Crippen LogP contribution < -0.4 is 0 Å². The van der Waals surface area contributed by atoms with Crippen molar-refractivity contribution >= 4 is 27.6 Å². The number of hydrogen-bond acceptors (Lipinski definition) is 2. The topological polar surface area (TPSA) is 3.24 Å². The van der Waals surface area contributed by atoms with Crippen LogP contribution in [0.2, 0.25) is 0 Å². The van der Waals surface area contributed by atoms with E-state index in [0.717, 1.165) is 18.7 Å². The van der Waals surface area contributed by atoms with Gasteiger partial charge in [-0.15, -0.1) is 0 Å². The number of rotatable bonds is 3. The zero-order valence-electron chi connectivity index (χ0n) is 12.6. The van der Waals surface area contributed by atoms with Crippen LogP contribution in [0.1, 0.15) is 12.0 Å². The summed E-state index contributed by atoms with van der Waals surface area (Å²) in [6.07, 6.45) is 1.15. The Morgan fingerprint density at radius 1 is 1.05 bits per heavy atom. The third-order valence-electron chi connectivity index (χ3n) is 3.53. The van der Waals surface area contributed by atoms with Crippen molar-refractivity contribution in [2.24, 2.45) is 0 Å². The Kier molecular flexibility index (Phi) is 4.84. The van der Waals surface area contributed by atoms with Crippen molar-refractivity contribution in [3.8, 4) is 0 Å². The maximum absolute atomic E-state index is 2.53. The maximum atomic E-state index is 2.53. The first-order valence-corrected chi connectivity index (χ1v) is 9.54. The highest BCUT2D eigenvalue weighted by atomic mass is 32.2. The minimum atomic E-state index is 0.213. The molecule has 1 aliphatic rings. The molecule has 0 N–H and O–H groups in total. The molecular formula is C18H21NS2. The van der Waals surface area contributed by atoms with Crippen LogP contribution in [0.3, 0.4) is 0 Å². The smallest absolute Gasteiger partial charge is 0.0253 e. The highest BCUT2D eigenvalue weighted by molar-refractivity contribution is 8.15. The van der Waals surface area contributed by atoms with E-state index in [-0.39, 0.29) is 10.5 Å². The fourth-order valence-electron chi connectivity index (χ4n) is 2.44. The van der Waals surface area contributed by atoms with Crippen molar-refractivity contribution in [2.75, 3.05) is 20.6 Å². The van der Waals surface area contributed by atoms with Crippen LogP contribution >= 0.6 is 22.2 Å². The average Bonchev–Trinajstić information content (AvgIpc) is 2.63. The lowest BCUT2D eigenvalue weighted by Gasteiger charge is -2.12. The lowest BCUT2D eigenvalue weighted by Crippen LogP contribution is -2.13. The van der Waals surface area contributed by atoms with E-state index in [0.29, 0.717) is 0 Å². The number of fused-ring (bicyclic) bond motifs is 2. The van der Waals surface area contributed by atoms with E-state index in [9.17, 15) is 0 Å². The largest absolute Gasteiger partial charge is 0.309 e. The maximum Gasteiger partial charge on any atom is 0.0253 e. The number of nitrogens with zero attached hydrogens (tertiary/aromatic N) is 1. The van der Waals surface area contributed by atoms with Gasteiger partial charge in [0, 0.05) is 27.0 Å². The summed E-state index contributed by atoms with van der Waals surface area (Å²) in [7, 11) is 4.50. The molecule has 0 fully saturated rings. The zero-order chi connectivity index (χ0) is 14.7. The molecule has 0 saturated heterocycles. The Bertz CT molecular complexity index is 662. The van der Waals surface area contributed by atoms with Gasteiger partial charge in [0.2, 0.25) is 0 Å². The summed E-state index contributed by atoms with van der Waals surface area (Å²) in [6, 6.07) is 17.8. The second kappa shape index (κ2) is 6.82. The lowest BCUT2D eigenvalue weighted by molar-refractivity contribution is 0.424. The number of benzene rings is 2.